The van der Waals surface area contributed by atoms with Crippen LogP contribution in [0.5, 0.6) is 0 Å². The highest BCUT2D eigenvalue weighted by Crippen LogP contribution is 2.17. The monoisotopic (exact) mass is 373 g/mol. The number of fused-ring (bicyclic) bond motifs is 1. The van der Waals surface area contributed by atoms with Gasteiger partial charge in [0.2, 0.25) is 11.8 Å². The summed E-state index contributed by atoms with van der Waals surface area (Å²) in [5.41, 5.74) is 6.20. The molecule has 142 valence electrons. The first-order chi connectivity index (χ1) is 13.5. The van der Waals surface area contributed by atoms with Gasteiger partial charge in [0.25, 0.3) is 0 Å². The molecule has 0 unspecified atom stereocenters. The first-order valence-electron chi connectivity index (χ1n) is 9.19. The maximum atomic E-state index is 12.1. The van der Waals surface area contributed by atoms with Gasteiger partial charge < -0.3 is 5.32 Å². The molecule has 0 spiro atoms. The van der Waals surface area contributed by atoms with Crippen LogP contribution in [0.15, 0.2) is 65.8 Å². The third-order valence-corrected chi connectivity index (χ3v) is 4.42. The molecule has 0 fully saturated rings. The van der Waals surface area contributed by atoms with Crippen molar-refractivity contribution >= 4 is 34.5 Å². The molecular formula is C23H23N3O2. The van der Waals surface area contributed by atoms with Gasteiger partial charge in [-0.25, -0.2) is 5.43 Å². The number of hydrogen-bond donors (Lipinski definition) is 2. The fourth-order valence-electron chi connectivity index (χ4n) is 2.83. The molecule has 0 atom stereocenters. The summed E-state index contributed by atoms with van der Waals surface area (Å²) in [7, 11) is 0. The van der Waals surface area contributed by atoms with Crippen molar-refractivity contribution in [2.24, 2.45) is 5.10 Å². The number of carbonyl (C=O) groups is 2. The number of carbonyl (C=O) groups excluding carboxylic acids is 2. The van der Waals surface area contributed by atoms with Gasteiger partial charge in [-0.1, -0.05) is 48.5 Å². The Morgan fingerprint density at radius 2 is 1.64 bits per heavy atom. The van der Waals surface area contributed by atoms with Crippen LogP contribution in [-0.4, -0.2) is 18.0 Å². The van der Waals surface area contributed by atoms with Crippen LogP contribution in [0.4, 0.5) is 5.69 Å². The van der Waals surface area contributed by atoms with E-state index in [0.717, 1.165) is 33.2 Å². The Bertz CT molecular complexity index is 1040. The minimum Gasteiger partial charge on any atom is -0.326 e. The van der Waals surface area contributed by atoms with Gasteiger partial charge in [-0.2, -0.15) is 5.10 Å². The van der Waals surface area contributed by atoms with E-state index in [4.69, 9.17) is 0 Å². The molecule has 0 aliphatic rings. The molecule has 2 N–H and O–H groups in total. The average Bonchev–Trinajstić information content (AvgIpc) is 2.69. The number of anilines is 1. The minimum absolute atomic E-state index is 0.0752. The molecule has 28 heavy (non-hydrogen) atoms. The highest BCUT2D eigenvalue weighted by atomic mass is 16.2. The van der Waals surface area contributed by atoms with Crippen LogP contribution in [0.3, 0.4) is 0 Å². The van der Waals surface area contributed by atoms with Crippen molar-refractivity contribution < 1.29 is 9.59 Å². The molecule has 0 aliphatic heterocycles. The predicted octanol–water partition coefficient (Wildman–Crippen LogP) is 4.33. The van der Waals surface area contributed by atoms with Gasteiger partial charge in [0, 0.05) is 18.5 Å². The lowest BCUT2D eigenvalue weighted by molar-refractivity contribution is -0.124. The van der Waals surface area contributed by atoms with Crippen molar-refractivity contribution in [3.8, 4) is 0 Å². The van der Waals surface area contributed by atoms with Gasteiger partial charge in [0.1, 0.15) is 0 Å². The molecule has 5 heteroatoms. The van der Waals surface area contributed by atoms with E-state index < -0.39 is 0 Å². The molecule has 0 radical (unpaired) electrons. The Morgan fingerprint density at radius 3 is 2.46 bits per heavy atom. The molecular weight excluding hydrogens is 350 g/mol. The molecule has 5 nitrogen and oxygen atoms in total. The SMILES string of the molecule is Cc1ccc(C)c(NC(=O)CCC(=O)N/N=C/c2ccc3ccccc3c2)c1. The first kappa shape index (κ1) is 19.3. The van der Waals surface area contributed by atoms with Crippen molar-refractivity contribution in [3.63, 3.8) is 0 Å². The Hall–Kier alpha value is -3.47. The summed E-state index contributed by atoms with van der Waals surface area (Å²) in [6, 6.07) is 19.9. The first-order valence-corrected chi connectivity index (χ1v) is 9.19. The summed E-state index contributed by atoms with van der Waals surface area (Å²) in [4.78, 5) is 24.0. The number of rotatable bonds is 6. The fraction of sp³-hybridized carbons (Fsp3) is 0.174. The van der Waals surface area contributed by atoms with Crippen molar-refractivity contribution in [1.82, 2.24) is 5.43 Å². The van der Waals surface area contributed by atoms with Crippen LogP contribution >= 0.6 is 0 Å². The van der Waals surface area contributed by atoms with E-state index in [1.165, 1.54) is 0 Å². The highest BCUT2D eigenvalue weighted by molar-refractivity contribution is 5.94. The molecule has 3 aromatic rings. The summed E-state index contributed by atoms with van der Waals surface area (Å²) in [6.07, 6.45) is 1.77. The number of benzene rings is 3. The van der Waals surface area contributed by atoms with Crippen LogP contribution in [0, 0.1) is 13.8 Å². The Morgan fingerprint density at radius 1 is 0.893 bits per heavy atom. The Labute approximate surface area is 164 Å². The number of nitrogens with zero attached hydrogens (tertiary/aromatic N) is 1. The lowest BCUT2D eigenvalue weighted by atomic mass is 10.1. The molecule has 0 saturated heterocycles. The van der Waals surface area contributed by atoms with E-state index in [-0.39, 0.29) is 24.7 Å². The standard InChI is InChI=1S/C23H23N3O2/c1-16-7-8-17(2)21(13-16)25-22(27)11-12-23(28)26-24-15-18-9-10-19-5-3-4-6-20(19)14-18/h3-10,13-15H,11-12H2,1-2H3,(H,25,27)(H,26,28)/b24-15+. The van der Waals surface area contributed by atoms with E-state index >= 15 is 0 Å². The van der Waals surface area contributed by atoms with Crippen molar-refractivity contribution in [2.45, 2.75) is 26.7 Å². The van der Waals surface area contributed by atoms with Crippen LogP contribution in [-0.2, 0) is 9.59 Å². The van der Waals surface area contributed by atoms with Crippen molar-refractivity contribution in [2.75, 3.05) is 5.32 Å². The zero-order chi connectivity index (χ0) is 19.9. The zero-order valence-corrected chi connectivity index (χ0v) is 16.0. The van der Waals surface area contributed by atoms with Gasteiger partial charge in [-0.15, -0.1) is 0 Å². The fourth-order valence-corrected chi connectivity index (χ4v) is 2.83. The maximum Gasteiger partial charge on any atom is 0.240 e. The number of amides is 2. The summed E-state index contributed by atoms with van der Waals surface area (Å²) < 4.78 is 0. The lowest BCUT2D eigenvalue weighted by Crippen LogP contribution is -2.20. The van der Waals surface area contributed by atoms with Gasteiger partial charge >= 0.3 is 0 Å². The van der Waals surface area contributed by atoms with Crippen LogP contribution in [0.25, 0.3) is 10.8 Å². The van der Waals surface area contributed by atoms with Gasteiger partial charge in [0.05, 0.1) is 6.21 Å². The van der Waals surface area contributed by atoms with E-state index in [1.54, 1.807) is 6.21 Å². The molecule has 0 saturated carbocycles. The maximum absolute atomic E-state index is 12.1. The average molecular weight is 373 g/mol. The summed E-state index contributed by atoms with van der Waals surface area (Å²) >= 11 is 0. The summed E-state index contributed by atoms with van der Waals surface area (Å²) in [6.45, 7) is 3.90. The van der Waals surface area contributed by atoms with Crippen LogP contribution in [0.2, 0.25) is 0 Å². The molecule has 0 bridgehead atoms. The molecule has 3 aromatic carbocycles. The molecule has 0 aliphatic carbocycles. The van der Waals surface area contributed by atoms with Crippen LogP contribution < -0.4 is 10.7 Å². The molecule has 3 rings (SSSR count). The number of aryl methyl sites for hydroxylation is 2. The second kappa shape index (κ2) is 8.95. The normalized spacial score (nSPS) is 10.9. The third-order valence-electron chi connectivity index (χ3n) is 4.42. The van der Waals surface area contributed by atoms with E-state index in [1.807, 2.05) is 74.5 Å². The lowest BCUT2D eigenvalue weighted by Gasteiger charge is -2.09. The van der Waals surface area contributed by atoms with E-state index in [2.05, 4.69) is 15.8 Å². The molecule has 2 amide bonds. The molecule has 0 aromatic heterocycles. The van der Waals surface area contributed by atoms with E-state index in [9.17, 15) is 9.59 Å². The number of hydrazone groups is 1. The summed E-state index contributed by atoms with van der Waals surface area (Å²) in [5.74, 6) is -0.490. The zero-order valence-electron chi connectivity index (χ0n) is 16.0. The van der Waals surface area contributed by atoms with Gasteiger partial charge in [-0.05, 0) is 53.4 Å². The third kappa shape index (κ3) is 5.27. The van der Waals surface area contributed by atoms with Crippen LogP contribution in [0.1, 0.15) is 29.5 Å². The quantitative estimate of drug-likeness (QED) is 0.499. The number of hydrogen-bond acceptors (Lipinski definition) is 3. The predicted molar refractivity (Wildman–Crippen MR) is 113 cm³/mol. The van der Waals surface area contributed by atoms with Gasteiger partial charge in [-0.3, -0.25) is 9.59 Å². The topological polar surface area (TPSA) is 70.6 Å². The minimum atomic E-state index is -0.298. The summed E-state index contributed by atoms with van der Waals surface area (Å²) in [5, 5.41) is 9.09. The Balaban J connectivity index is 1.47. The second-order valence-electron chi connectivity index (χ2n) is 6.77. The largest absolute Gasteiger partial charge is 0.326 e. The Kier molecular flexibility index (Phi) is 6.17. The van der Waals surface area contributed by atoms with E-state index in [0.29, 0.717) is 0 Å². The smallest absolute Gasteiger partial charge is 0.240 e. The van der Waals surface area contributed by atoms with Gasteiger partial charge in [0.15, 0.2) is 0 Å². The molecule has 0 heterocycles. The van der Waals surface area contributed by atoms with Crippen molar-refractivity contribution in [3.05, 3.63) is 77.4 Å². The second-order valence-corrected chi connectivity index (χ2v) is 6.77. The number of nitrogens with one attached hydrogen (secondary N) is 2. The highest BCUT2D eigenvalue weighted by Gasteiger charge is 2.08. The van der Waals surface area contributed by atoms with Crippen molar-refractivity contribution in [1.29, 1.82) is 0 Å².